The Morgan fingerprint density at radius 3 is 2.58 bits per heavy atom. The molecule has 1 saturated carbocycles. The molecular weight excluding hydrogens is 144 g/mol. The lowest BCUT2D eigenvalue weighted by Crippen LogP contribution is -2.23. The standard InChI is InChI=1S/C12H22/c1-5-11-7-6-10(4)8-12(11)9(2)3/h10-12H,2,5-8H2,1,3-4H3. The van der Waals surface area contributed by atoms with Crippen LogP contribution in [0.15, 0.2) is 12.2 Å². The summed E-state index contributed by atoms with van der Waals surface area (Å²) in [4.78, 5) is 0. The van der Waals surface area contributed by atoms with E-state index in [1.165, 1.54) is 31.3 Å². The molecule has 0 aromatic rings. The van der Waals surface area contributed by atoms with E-state index >= 15 is 0 Å². The predicted octanol–water partition coefficient (Wildman–Crippen LogP) is 4.02. The van der Waals surface area contributed by atoms with Gasteiger partial charge in [-0.3, -0.25) is 0 Å². The smallest absolute Gasteiger partial charge is 0.0178 e. The second-order valence-corrected chi connectivity index (χ2v) is 4.54. The number of allylic oxidation sites excluding steroid dienone is 1. The lowest BCUT2D eigenvalue weighted by Gasteiger charge is -2.34. The summed E-state index contributed by atoms with van der Waals surface area (Å²) >= 11 is 0. The normalized spacial score (nSPS) is 36.4. The fourth-order valence-electron chi connectivity index (χ4n) is 2.54. The summed E-state index contributed by atoms with van der Waals surface area (Å²) in [5.74, 6) is 2.67. The molecule has 0 nitrogen and oxygen atoms in total. The van der Waals surface area contributed by atoms with Gasteiger partial charge in [-0.05, 0) is 37.5 Å². The number of hydrogen-bond acceptors (Lipinski definition) is 0. The van der Waals surface area contributed by atoms with E-state index in [4.69, 9.17) is 0 Å². The lowest BCUT2D eigenvalue weighted by atomic mass is 9.71. The molecule has 0 spiro atoms. The summed E-state index contributed by atoms with van der Waals surface area (Å²) in [6, 6.07) is 0. The minimum absolute atomic E-state index is 0.818. The van der Waals surface area contributed by atoms with Crippen LogP contribution >= 0.6 is 0 Å². The maximum atomic E-state index is 4.11. The summed E-state index contributed by atoms with van der Waals surface area (Å²) in [7, 11) is 0. The summed E-state index contributed by atoms with van der Waals surface area (Å²) in [6.07, 6.45) is 5.58. The van der Waals surface area contributed by atoms with Crippen molar-refractivity contribution >= 4 is 0 Å². The van der Waals surface area contributed by atoms with Crippen LogP contribution in [0.5, 0.6) is 0 Å². The maximum absolute atomic E-state index is 4.11. The number of rotatable bonds is 2. The molecule has 3 unspecified atom stereocenters. The average molecular weight is 166 g/mol. The molecular formula is C12H22. The van der Waals surface area contributed by atoms with Gasteiger partial charge in [0.2, 0.25) is 0 Å². The van der Waals surface area contributed by atoms with Crippen LogP contribution in [0.3, 0.4) is 0 Å². The van der Waals surface area contributed by atoms with E-state index < -0.39 is 0 Å². The first kappa shape index (κ1) is 9.83. The van der Waals surface area contributed by atoms with E-state index in [1.54, 1.807) is 0 Å². The highest BCUT2D eigenvalue weighted by molar-refractivity contribution is 5.01. The van der Waals surface area contributed by atoms with E-state index in [-0.39, 0.29) is 0 Å². The minimum Gasteiger partial charge on any atom is -0.0999 e. The van der Waals surface area contributed by atoms with Crippen molar-refractivity contribution in [2.24, 2.45) is 17.8 Å². The zero-order chi connectivity index (χ0) is 9.14. The van der Waals surface area contributed by atoms with Crippen molar-refractivity contribution in [2.75, 3.05) is 0 Å². The molecule has 0 aliphatic heterocycles. The molecule has 1 fully saturated rings. The van der Waals surface area contributed by atoms with Gasteiger partial charge in [0.15, 0.2) is 0 Å². The van der Waals surface area contributed by atoms with Crippen LogP contribution in [0.4, 0.5) is 0 Å². The Kier molecular flexibility index (Phi) is 3.37. The molecule has 12 heavy (non-hydrogen) atoms. The highest BCUT2D eigenvalue weighted by atomic mass is 14.3. The first-order valence-electron chi connectivity index (χ1n) is 5.30. The molecule has 1 rings (SSSR count). The Hall–Kier alpha value is -0.260. The van der Waals surface area contributed by atoms with E-state index in [9.17, 15) is 0 Å². The Morgan fingerprint density at radius 1 is 1.42 bits per heavy atom. The maximum Gasteiger partial charge on any atom is -0.0178 e. The van der Waals surface area contributed by atoms with E-state index in [2.05, 4.69) is 27.4 Å². The third-order valence-corrected chi connectivity index (χ3v) is 3.41. The topological polar surface area (TPSA) is 0 Å². The van der Waals surface area contributed by atoms with Crippen molar-refractivity contribution < 1.29 is 0 Å². The van der Waals surface area contributed by atoms with Crippen LogP contribution in [0.25, 0.3) is 0 Å². The molecule has 0 aromatic heterocycles. The summed E-state index contributed by atoms with van der Waals surface area (Å²) in [5, 5.41) is 0. The van der Waals surface area contributed by atoms with Gasteiger partial charge in [-0.25, -0.2) is 0 Å². The summed E-state index contributed by atoms with van der Waals surface area (Å²) in [5.41, 5.74) is 1.41. The molecule has 0 N–H and O–H groups in total. The molecule has 0 aromatic carbocycles. The highest BCUT2D eigenvalue weighted by Gasteiger charge is 2.27. The highest BCUT2D eigenvalue weighted by Crippen LogP contribution is 2.38. The first-order valence-corrected chi connectivity index (χ1v) is 5.30. The van der Waals surface area contributed by atoms with Gasteiger partial charge < -0.3 is 0 Å². The molecule has 0 heteroatoms. The lowest BCUT2D eigenvalue weighted by molar-refractivity contribution is 0.213. The van der Waals surface area contributed by atoms with Crippen LogP contribution in [-0.2, 0) is 0 Å². The molecule has 1 aliphatic rings. The molecule has 0 radical (unpaired) electrons. The van der Waals surface area contributed by atoms with Crippen LogP contribution < -0.4 is 0 Å². The van der Waals surface area contributed by atoms with Crippen molar-refractivity contribution in [3.63, 3.8) is 0 Å². The van der Waals surface area contributed by atoms with Gasteiger partial charge in [0.1, 0.15) is 0 Å². The second-order valence-electron chi connectivity index (χ2n) is 4.54. The zero-order valence-corrected chi connectivity index (χ0v) is 8.77. The molecule has 70 valence electrons. The van der Waals surface area contributed by atoms with Gasteiger partial charge in [-0.15, -0.1) is 0 Å². The van der Waals surface area contributed by atoms with Crippen molar-refractivity contribution in [1.29, 1.82) is 0 Å². The zero-order valence-electron chi connectivity index (χ0n) is 8.77. The Balaban J connectivity index is 2.58. The molecule has 0 saturated heterocycles. The van der Waals surface area contributed by atoms with E-state index in [0.29, 0.717) is 0 Å². The Labute approximate surface area is 77.1 Å². The fraction of sp³-hybridized carbons (Fsp3) is 0.833. The Bertz CT molecular complexity index is 157. The van der Waals surface area contributed by atoms with E-state index in [0.717, 1.165) is 17.8 Å². The fourth-order valence-corrected chi connectivity index (χ4v) is 2.54. The molecule has 0 bridgehead atoms. The molecule has 3 atom stereocenters. The van der Waals surface area contributed by atoms with Crippen molar-refractivity contribution in [1.82, 2.24) is 0 Å². The molecule has 0 amide bonds. The SMILES string of the molecule is C=C(C)C1CC(C)CCC1CC. The molecule has 0 heterocycles. The minimum atomic E-state index is 0.818. The van der Waals surface area contributed by atoms with Crippen LogP contribution in [0.1, 0.15) is 46.5 Å². The third-order valence-electron chi connectivity index (χ3n) is 3.41. The monoisotopic (exact) mass is 166 g/mol. The Morgan fingerprint density at radius 2 is 2.08 bits per heavy atom. The van der Waals surface area contributed by atoms with Crippen molar-refractivity contribution in [3.05, 3.63) is 12.2 Å². The quantitative estimate of drug-likeness (QED) is 0.543. The van der Waals surface area contributed by atoms with Gasteiger partial charge in [-0.2, -0.15) is 0 Å². The van der Waals surface area contributed by atoms with Crippen molar-refractivity contribution in [3.8, 4) is 0 Å². The summed E-state index contributed by atoms with van der Waals surface area (Å²) in [6.45, 7) is 11.0. The predicted molar refractivity (Wildman–Crippen MR) is 55.1 cm³/mol. The first-order chi connectivity index (χ1) is 5.65. The second kappa shape index (κ2) is 4.11. The van der Waals surface area contributed by atoms with Crippen molar-refractivity contribution in [2.45, 2.75) is 46.5 Å². The average Bonchev–Trinajstić information content (AvgIpc) is 2.04. The van der Waals surface area contributed by atoms with Crippen LogP contribution in [-0.4, -0.2) is 0 Å². The molecule has 1 aliphatic carbocycles. The van der Waals surface area contributed by atoms with Gasteiger partial charge in [-0.1, -0.05) is 38.8 Å². The van der Waals surface area contributed by atoms with Gasteiger partial charge in [0, 0.05) is 0 Å². The number of hydrogen-bond donors (Lipinski definition) is 0. The third kappa shape index (κ3) is 2.12. The van der Waals surface area contributed by atoms with Crippen LogP contribution in [0, 0.1) is 17.8 Å². The van der Waals surface area contributed by atoms with Gasteiger partial charge in [0.05, 0.1) is 0 Å². The summed E-state index contributed by atoms with van der Waals surface area (Å²) < 4.78 is 0. The van der Waals surface area contributed by atoms with E-state index in [1.807, 2.05) is 0 Å². The van der Waals surface area contributed by atoms with Gasteiger partial charge in [0.25, 0.3) is 0 Å². The van der Waals surface area contributed by atoms with Crippen LogP contribution in [0.2, 0.25) is 0 Å². The largest absolute Gasteiger partial charge is 0.0999 e. The van der Waals surface area contributed by atoms with Gasteiger partial charge >= 0.3 is 0 Å².